The van der Waals surface area contributed by atoms with E-state index in [0.29, 0.717) is 16.2 Å². The van der Waals surface area contributed by atoms with E-state index in [4.69, 9.17) is 5.11 Å². The molecule has 2 aromatic carbocycles. The molecule has 0 bridgehead atoms. The van der Waals surface area contributed by atoms with E-state index in [9.17, 15) is 9.18 Å². The van der Waals surface area contributed by atoms with Crippen LogP contribution in [0.2, 0.25) is 0 Å². The first-order valence-corrected chi connectivity index (χ1v) is 8.14. The second-order valence-corrected chi connectivity index (χ2v) is 6.82. The fourth-order valence-corrected chi connectivity index (χ4v) is 3.58. The summed E-state index contributed by atoms with van der Waals surface area (Å²) in [7, 11) is 0. The molecule has 0 aromatic heterocycles. The first-order valence-electron chi connectivity index (χ1n) is 5.57. The average molecular weight is 420 g/mol. The van der Waals surface area contributed by atoms with Crippen molar-refractivity contribution in [2.24, 2.45) is 0 Å². The van der Waals surface area contributed by atoms with Crippen LogP contribution in [-0.4, -0.2) is 11.1 Å². The topological polar surface area (TPSA) is 37.3 Å². The fraction of sp³-hybridized carbons (Fsp3) is 0.0714. The van der Waals surface area contributed by atoms with Crippen LogP contribution in [0.15, 0.2) is 50.2 Å². The van der Waals surface area contributed by atoms with E-state index in [1.807, 2.05) is 0 Å². The van der Waals surface area contributed by atoms with Crippen LogP contribution in [0.5, 0.6) is 0 Å². The minimum absolute atomic E-state index is 0.216. The Morgan fingerprint density at radius 1 is 1.15 bits per heavy atom. The summed E-state index contributed by atoms with van der Waals surface area (Å²) in [6.45, 7) is 0. The molecule has 0 unspecified atom stereocenters. The van der Waals surface area contributed by atoms with Gasteiger partial charge in [0.1, 0.15) is 5.82 Å². The Morgan fingerprint density at radius 2 is 1.80 bits per heavy atom. The highest BCUT2D eigenvalue weighted by atomic mass is 79.9. The third-order valence-corrected chi connectivity index (χ3v) is 4.66. The third kappa shape index (κ3) is 3.84. The molecule has 104 valence electrons. The first kappa shape index (κ1) is 15.5. The van der Waals surface area contributed by atoms with E-state index < -0.39 is 5.97 Å². The van der Waals surface area contributed by atoms with Gasteiger partial charge in [-0.3, -0.25) is 0 Å². The average Bonchev–Trinajstić information content (AvgIpc) is 2.39. The second kappa shape index (κ2) is 6.74. The van der Waals surface area contributed by atoms with Crippen LogP contribution in [0.25, 0.3) is 0 Å². The zero-order valence-electron chi connectivity index (χ0n) is 10.1. The van der Waals surface area contributed by atoms with Gasteiger partial charge in [0.25, 0.3) is 0 Å². The summed E-state index contributed by atoms with van der Waals surface area (Å²) in [5.41, 5.74) is 0.745. The Kier molecular flexibility index (Phi) is 5.23. The molecule has 2 aromatic rings. The first-order chi connectivity index (χ1) is 9.47. The van der Waals surface area contributed by atoms with E-state index in [0.717, 1.165) is 8.95 Å². The van der Waals surface area contributed by atoms with Gasteiger partial charge in [0.05, 0.1) is 5.56 Å². The zero-order valence-corrected chi connectivity index (χ0v) is 14.1. The number of halogens is 3. The van der Waals surface area contributed by atoms with Crippen LogP contribution in [0.4, 0.5) is 4.39 Å². The lowest BCUT2D eigenvalue weighted by Crippen LogP contribution is -1.99. The molecule has 2 nitrogen and oxygen atoms in total. The predicted octanol–water partition coefficient (Wildman–Crippen LogP) is 5.34. The summed E-state index contributed by atoms with van der Waals surface area (Å²) in [5, 5.41) is 9.14. The van der Waals surface area contributed by atoms with Gasteiger partial charge >= 0.3 is 5.97 Å². The number of hydrogen-bond donors (Lipinski definition) is 1. The molecule has 0 saturated carbocycles. The minimum atomic E-state index is -0.991. The summed E-state index contributed by atoms with van der Waals surface area (Å²) in [6, 6.07) is 9.65. The van der Waals surface area contributed by atoms with Crippen molar-refractivity contribution in [3.8, 4) is 0 Å². The molecule has 0 aliphatic carbocycles. The molecule has 0 radical (unpaired) electrons. The highest BCUT2D eigenvalue weighted by Crippen LogP contribution is 2.30. The highest BCUT2D eigenvalue weighted by Gasteiger charge is 2.12. The van der Waals surface area contributed by atoms with Crippen molar-refractivity contribution in [2.45, 2.75) is 10.6 Å². The summed E-state index contributed by atoms with van der Waals surface area (Å²) < 4.78 is 15.2. The van der Waals surface area contributed by atoms with Gasteiger partial charge < -0.3 is 5.11 Å². The van der Waals surface area contributed by atoms with E-state index in [2.05, 4.69) is 31.9 Å². The Labute approximate surface area is 136 Å². The number of rotatable bonds is 4. The number of hydrogen-bond acceptors (Lipinski definition) is 2. The van der Waals surface area contributed by atoms with Crippen LogP contribution in [0, 0.1) is 5.82 Å². The summed E-state index contributed by atoms with van der Waals surface area (Å²) in [5.74, 6) is -0.926. The number of carbonyl (C=O) groups is 1. The van der Waals surface area contributed by atoms with Crippen LogP contribution in [0.1, 0.15) is 15.9 Å². The summed E-state index contributed by atoms with van der Waals surface area (Å²) in [6.07, 6.45) is 0. The minimum Gasteiger partial charge on any atom is -0.478 e. The lowest BCUT2D eigenvalue weighted by molar-refractivity contribution is 0.0693. The molecule has 0 amide bonds. The van der Waals surface area contributed by atoms with Crippen molar-refractivity contribution in [2.75, 3.05) is 0 Å². The van der Waals surface area contributed by atoms with E-state index in [1.54, 1.807) is 24.3 Å². The van der Waals surface area contributed by atoms with Gasteiger partial charge in [0.2, 0.25) is 0 Å². The van der Waals surface area contributed by atoms with Crippen molar-refractivity contribution in [1.29, 1.82) is 0 Å². The quantitative estimate of drug-likeness (QED) is 0.679. The standard InChI is InChI=1S/C14H9Br2FO2S/c15-9-2-4-12(17)8(5-9)7-20-13-6-10(16)1-3-11(13)14(18)19/h1-6H,7H2,(H,18,19). The van der Waals surface area contributed by atoms with Crippen LogP contribution in [0.3, 0.4) is 0 Å². The van der Waals surface area contributed by atoms with Crippen LogP contribution >= 0.6 is 43.6 Å². The van der Waals surface area contributed by atoms with Gasteiger partial charge in [-0.05, 0) is 42.0 Å². The SMILES string of the molecule is O=C(O)c1ccc(Br)cc1SCc1cc(Br)ccc1F. The van der Waals surface area contributed by atoms with Crippen LogP contribution < -0.4 is 0 Å². The lowest BCUT2D eigenvalue weighted by atomic mass is 10.2. The molecule has 0 spiro atoms. The van der Waals surface area contributed by atoms with Gasteiger partial charge in [0.15, 0.2) is 0 Å². The Morgan fingerprint density at radius 3 is 2.50 bits per heavy atom. The van der Waals surface area contributed by atoms with Crippen LogP contribution in [-0.2, 0) is 5.75 Å². The molecule has 20 heavy (non-hydrogen) atoms. The molecule has 0 fully saturated rings. The summed E-state index contributed by atoms with van der Waals surface area (Å²) >= 11 is 7.90. The van der Waals surface area contributed by atoms with Crippen molar-refractivity contribution < 1.29 is 14.3 Å². The second-order valence-electron chi connectivity index (χ2n) is 3.97. The Hall–Kier alpha value is -0.850. The Balaban J connectivity index is 2.24. The van der Waals surface area contributed by atoms with Crippen molar-refractivity contribution in [3.05, 3.63) is 62.3 Å². The van der Waals surface area contributed by atoms with Gasteiger partial charge in [-0.2, -0.15) is 0 Å². The largest absolute Gasteiger partial charge is 0.478 e. The number of thioether (sulfide) groups is 1. The smallest absolute Gasteiger partial charge is 0.336 e. The highest BCUT2D eigenvalue weighted by molar-refractivity contribution is 9.10. The van der Waals surface area contributed by atoms with Gasteiger partial charge in [-0.1, -0.05) is 31.9 Å². The number of benzene rings is 2. The monoisotopic (exact) mass is 418 g/mol. The Bertz CT molecular complexity index is 662. The van der Waals surface area contributed by atoms with Crippen molar-refractivity contribution in [3.63, 3.8) is 0 Å². The normalized spacial score (nSPS) is 10.6. The maximum Gasteiger partial charge on any atom is 0.336 e. The predicted molar refractivity (Wildman–Crippen MR) is 84.8 cm³/mol. The fourth-order valence-electron chi connectivity index (χ4n) is 1.60. The molecular weight excluding hydrogens is 411 g/mol. The molecule has 1 N–H and O–H groups in total. The summed E-state index contributed by atoms with van der Waals surface area (Å²) in [4.78, 5) is 11.8. The van der Waals surface area contributed by atoms with Gasteiger partial charge in [-0.15, -0.1) is 11.8 Å². The molecule has 0 saturated heterocycles. The van der Waals surface area contributed by atoms with E-state index >= 15 is 0 Å². The van der Waals surface area contributed by atoms with Crippen molar-refractivity contribution in [1.82, 2.24) is 0 Å². The number of carboxylic acids is 1. The molecule has 6 heteroatoms. The molecule has 0 heterocycles. The zero-order chi connectivity index (χ0) is 14.7. The van der Waals surface area contributed by atoms with Gasteiger partial charge in [0, 0.05) is 19.6 Å². The van der Waals surface area contributed by atoms with E-state index in [1.165, 1.54) is 23.9 Å². The molecule has 0 aliphatic rings. The van der Waals surface area contributed by atoms with Crippen molar-refractivity contribution >= 4 is 49.6 Å². The number of carboxylic acid groups (broad SMARTS) is 1. The third-order valence-electron chi connectivity index (χ3n) is 2.57. The van der Waals surface area contributed by atoms with E-state index in [-0.39, 0.29) is 11.4 Å². The molecule has 2 rings (SSSR count). The molecular formula is C14H9Br2FO2S. The molecule has 0 atom stereocenters. The maximum absolute atomic E-state index is 13.7. The number of aromatic carboxylic acids is 1. The maximum atomic E-state index is 13.7. The van der Waals surface area contributed by atoms with Gasteiger partial charge in [-0.25, -0.2) is 9.18 Å². The molecule has 0 aliphatic heterocycles. The lowest BCUT2D eigenvalue weighted by Gasteiger charge is -2.08.